The summed E-state index contributed by atoms with van der Waals surface area (Å²) in [5.41, 5.74) is 1.48. The van der Waals surface area contributed by atoms with E-state index in [1.807, 2.05) is 6.08 Å². The maximum atomic E-state index is 11.0. The van der Waals surface area contributed by atoms with Crippen LogP contribution in [-0.2, 0) is 4.79 Å². The Labute approximate surface area is 130 Å². The molecule has 0 fully saturated rings. The van der Waals surface area contributed by atoms with Crippen molar-refractivity contribution in [1.29, 1.82) is 0 Å². The van der Waals surface area contributed by atoms with Crippen LogP contribution >= 0.6 is 0 Å². The number of allylic oxidation sites excluding steroid dienone is 7. The van der Waals surface area contributed by atoms with E-state index in [-0.39, 0.29) is 10.8 Å². The van der Waals surface area contributed by atoms with Crippen molar-refractivity contribution in [2.75, 3.05) is 13.1 Å². The SMILES string of the molecule is O=CN1CCC=CC(C2=CC/C=C(/[N+](=O)[O-])CCC=C2)CC1. The average molecular weight is 302 g/mol. The fraction of sp³-hybridized carbons (Fsp3) is 0.471. The van der Waals surface area contributed by atoms with Gasteiger partial charge in [-0.2, -0.15) is 0 Å². The van der Waals surface area contributed by atoms with Gasteiger partial charge in [0.05, 0.1) is 4.92 Å². The zero-order valence-corrected chi connectivity index (χ0v) is 12.7. The minimum atomic E-state index is -0.287. The van der Waals surface area contributed by atoms with Crippen LogP contribution in [0.25, 0.3) is 0 Å². The summed E-state index contributed by atoms with van der Waals surface area (Å²) in [6, 6.07) is 0. The summed E-state index contributed by atoms with van der Waals surface area (Å²) >= 11 is 0. The summed E-state index contributed by atoms with van der Waals surface area (Å²) in [5.74, 6) is 0.268. The van der Waals surface area contributed by atoms with Crippen molar-refractivity contribution < 1.29 is 9.72 Å². The molecule has 5 heteroatoms. The molecule has 1 amide bonds. The van der Waals surface area contributed by atoms with E-state index in [0.717, 1.165) is 32.3 Å². The predicted molar refractivity (Wildman–Crippen MR) is 85.7 cm³/mol. The van der Waals surface area contributed by atoms with E-state index >= 15 is 0 Å². The molecule has 0 aromatic carbocycles. The van der Waals surface area contributed by atoms with Crippen molar-refractivity contribution in [3.8, 4) is 0 Å². The lowest BCUT2D eigenvalue weighted by Gasteiger charge is -2.23. The van der Waals surface area contributed by atoms with E-state index in [2.05, 4.69) is 24.3 Å². The van der Waals surface area contributed by atoms with Gasteiger partial charge in [0.15, 0.2) is 0 Å². The van der Waals surface area contributed by atoms with Crippen molar-refractivity contribution >= 4 is 6.41 Å². The third kappa shape index (κ3) is 4.69. The van der Waals surface area contributed by atoms with Gasteiger partial charge in [0.2, 0.25) is 12.1 Å². The topological polar surface area (TPSA) is 63.5 Å². The lowest BCUT2D eigenvalue weighted by molar-refractivity contribution is -0.428. The molecule has 22 heavy (non-hydrogen) atoms. The molecular formula is C17H22N2O3. The second-order valence-electron chi connectivity index (χ2n) is 5.59. The normalized spacial score (nSPS) is 25.6. The minimum absolute atomic E-state index is 0.268. The van der Waals surface area contributed by atoms with Crippen LogP contribution < -0.4 is 0 Å². The summed E-state index contributed by atoms with van der Waals surface area (Å²) in [5, 5.41) is 10.9. The molecule has 2 rings (SSSR count). The molecule has 1 unspecified atom stereocenters. The van der Waals surface area contributed by atoms with Gasteiger partial charge in [-0.05, 0) is 37.3 Å². The highest BCUT2D eigenvalue weighted by molar-refractivity contribution is 5.47. The summed E-state index contributed by atoms with van der Waals surface area (Å²) in [4.78, 5) is 23.4. The number of carbonyl (C=O) groups excluding carboxylic acids is 1. The van der Waals surface area contributed by atoms with Gasteiger partial charge in [0.1, 0.15) is 0 Å². The molecule has 0 aromatic rings. The molecule has 0 saturated heterocycles. The Morgan fingerprint density at radius 2 is 2.09 bits per heavy atom. The highest BCUT2D eigenvalue weighted by Crippen LogP contribution is 2.23. The maximum Gasteiger partial charge on any atom is 0.242 e. The molecule has 1 aliphatic carbocycles. The van der Waals surface area contributed by atoms with Gasteiger partial charge in [-0.15, -0.1) is 0 Å². The van der Waals surface area contributed by atoms with Crippen molar-refractivity contribution in [3.63, 3.8) is 0 Å². The van der Waals surface area contributed by atoms with Crippen LogP contribution in [0.3, 0.4) is 0 Å². The lowest BCUT2D eigenvalue weighted by Crippen LogP contribution is -2.27. The van der Waals surface area contributed by atoms with E-state index in [1.165, 1.54) is 5.57 Å². The van der Waals surface area contributed by atoms with Crippen LogP contribution in [0.4, 0.5) is 0 Å². The number of nitro groups is 1. The molecule has 118 valence electrons. The van der Waals surface area contributed by atoms with E-state index in [1.54, 1.807) is 11.0 Å². The molecule has 1 aliphatic heterocycles. The van der Waals surface area contributed by atoms with E-state index in [4.69, 9.17) is 0 Å². The van der Waals surface area contributed by atoms with Crippen LogP contribution in [0.1, 0.15) is 32.1 Å². The highest BCUT2D eigenvalue weighted by atomic mass is 16.6. The van der Waals surface area contributed by atoms with Gasteiger partial charge >= 0.3 is 0 Å². The Morgan fingerprint density at radius 3 is 2.86 bits per heavy atom. The number of hydrogen-bond acceptors (Lipinski definition) is 3. The molecule has 2 aliphatic rings. The van der Waals surface area contributed by atoms with Crippen LogP contribution in [0.2, 0.25) is 0 Å². The highest BCUT2D eigenvalue weighted by Gasteiger charge is 2.15. The van der Waals surface area contributed by atoms with Gasteiger partial charge in [-0.25, -0.2) is 0 Å². The third-order valence-electron chi connectivity index (χ3n) is 4.07. The standard InChI is InChI=1S/C17H22N2O3/c20-14-18-12-4-3-7-16(11-13-18)15-6-1-2-9-17(19(21)22)10-5-8-15/h1,3,6-8,10,14,16H,2,4-5,9,11-13H2/b6-1?,7-3?,15-8?,17-10+. The van der Waals surface area contributed by atoms with E-state index in [9.17, 15) is 14.9 Å². The number of amides is 1. The van der Waals surface area contributed by atoms with Crippen molar-refractivity contribution in [3.05, 3.63) is 57.8 Å². The number of hydrogen-bond donors (Lipinski definition) is 0. The van der Waals surface area contributed by atoms with Gasteiger partial charge in [0.25, 0.3) is 0 Å². The fourth-order valence-corrected chi connectivity index (χ4v) is 2.79. The summed E-state index contributed by atoms with van der Waals surface area (Å²) in [7, 11) is 0. The molecule has 0 N–H and O–H groups in total. The zero-order chi connectivity index (χ0) is 15.8. The molecule has 1 atom stereocenters. The number of rotatable bonds is 3. The van der Waals surface area contributed by atoms with Gasteiger partial charge in [-0.1, -0.05) is 30.4 Å². The van der Waals surface area contributed by atoms with Crippen LogP contribution in [0, 0.1) is 16.0 Å². The monoisotopic (exact) mass is 302 g/mol. The Morgan fingerprint density at radius 1 is 1.23 bits per heavy atom. The zero-order valence-electron chi connectivity index (χ0n) is 12.7. The fourth-order valence-electron chi connectivity index (χ4n) is 2.79. The van der Waals surface area contributed by atoms with Crippen molar-refractivity contribution in [2.45, 2.75) is 32.1 Å². The molecule has 1 heterocycles. The Hall–Kier alpha value is -2.17. The van der Waals surface area contributed by atoms with Gasteiger partial charge in [-0.3, -0.25) is 14.9 Å². The van der Waals surface area contributed by atoms with Gasteiger partial charge < -0.3 is 4.90 Å². The first kappa shape index (κ1) is 16.2. The Kier molecular flexibility index (Phi) is 6.13. The van der Waals surface area contributed by atoms with Crippen LogP contribution in [0.15, 0.2) is 47.7 Å². The second kappa shape index (κ2) is 8.32. The summed E-state index contributed by atoms with van der Waals surface area (Å²) < 4.78 is 0. The number of carbonyl (C=O) groups is 1. The first-order valence-corrected chi connectivity index (χ1v) is 7.76. The largest absolute Gasteiger partial charge is 0.345 e. The Balaban J connectivity index is 2.13. The quantitative estimate of drug-likeness (QED) is 0.348. The molecule has 0 spiro atoms. The Bertz CT molecular complexity index is 532. The van der Waals surface area contributed by atoms with Crippen LogP contribution in [0.5, 0.6) is 0 Å². The third-order valence-corrected chi connectivity index (χ3v) is 4.07. The number of nitrogens with zero attached hydrogens (tertiary/aromatic N) is 2. The summed E-state index contributed by atoms with van der Waals surface area (Å²) in [6.07, 6.45) is 16.6. The van der Waals surface area contributed by atoms with Crippen molar-refractivity contribution in [1.82, 2.24) is 4.90 Å². The minimum Gasteiger partial charge on any atom is -0.345 e. The van der Waals surface area contributed by atoms with Crippen molar-refractivity contribution in [2.24, 2.45) is 5.92 Å². The average Bonchev–Trinajstić information content (AvgIpc) is 2.59. The first-order valence-electron chi connectivity index (χ1n) is 7.76. The van der Waals surface area contributed by atoms with Gasteiger partial charge in [0, 0.05) is 25.4 Å². The van der Waals surface area contributed by atoms with E-state index in [0.29, 0.717) is 25.0 Å². The maximum absolute atomic E-state index is 11.0. The molecule has 0 saturated carbocycles. The second-order valence-corrected chi connectivity index (χ2v) is 5.59. The summed E-state index contributed by atoms with van der Waals surface area (Å²) in [6.45, 7) is 1.52. The smallest absolute Gasteiger partial charge is 0.242 e. The van der Waals surface area contributed by atoms with E-state index < -0.39 is 0 Å². The first-order chi connectivity index (χ1) is 10.7. The molecule has 0 radical (unpaired) electrons. The predicted octanol–water partition coefficient (Wildman–Crippen LogP) is 3.24. The lowest BCUT2D eigenvalue weighted by atomic mass is 9.92. The molecule has 0 bridgehead atoms. The molecular weight excluding hydrogens is 280 g/mol. The van der Waals surface area contributed by atoms with Crippen LogP contribution in [-0.4, -0.2) is 29.3 Å². The molecule has 5 nitrogen and oxygen atoms in total. The molecule has 0 aromatic heterocycles.